The number of nitrogens with zero attached hydrogens (tertiary/aromatic N) is 3. The van der Waals surface area contributed by atoms with Crippen molar-refractivity contribution in [2.24, 2.45) is 0 Å². The summed E-state index contributed by atoms with van der Waals surface area (Å²) in [6, 6.07) is 5.49. The second-order valence-corrected chi connectivity index (χ2v) is 5.63. The van der Waals surface area contributed by atoms with Crippen LogP contribution in [0.4, 0.5) is 5.82 Å². The minimum Gasteiger partial charge on any atom is -0.360 e. The molecule has 4 nitrogen and oxygen atoms in total. The van der Waals surface area contributed by atoms with Crippen LogP contribution in [0.3, 0.4) is 0 Å². The van der Waals surface area contributed by atoms with Gasteiger partial charge >= 0.3 is 0 Å². The summed E-state index contributed by atoms with van der Waals surface area (Å²) in [5.41, 5.74) is 1.30. The van der Waals surface area contributed by atoms with Crippen LogP contribution in [0, 0.1) is 0 Å². The number of piperazine rings is 1. The first-order valence-electron chi connectivity index (χ1n) is 7.23. The van der Waals surface area contributed by atoms with Gasteiger partial charge in [-0.25, -0.2) is 4.98 Å². The number of nitrogens with one attached hydrogen (secondary N) is 1. The molecule has 1 saturated heterocycles. The molecule has 5 heteroatoms. The molecule has 0 radical (unpaired) electrons. The van der Waals surface area contributed by atoms with Crippen molar-refractivity contribution in [2.75, 3.05) is 31.6 Å². The van der Waals surface area contributed by atoms with Crippen molar-refractivity contribution < 1.29 is 0 Å². The van der Waals surface area contributed by atoms with E-state index in [-0.39, 0.29) is 12.4 Å². The van der Waals surface area contributed by atoms with Crippen molar-refractivity contribution in [3.8, 4) is 0 Å². The first-order chi connectivity index (χ1) is 9.10. The fourth-order valence-electron chi connectivity index (χ4n) is 2.45. The smallest absolute Gasteiger partial charge is 0.128 e. The molecule has 2 atom stereocenters. The molecule has 1 aliphatic rings. The van der Waals surface area contributed by atoms with Crippen LogP contribution >= 0.6 is 12.4 Å². The Kier molecular flexibility index (Phi) is 6.72. The van der Waals surface area contributed by atoms with E-state index in [1.165, 1.54) is 5.56 Å². The SMILES string of the molecule is CCN(C)c1ccc(CN2CC(C)NCC2C)cn1.Cl. The molecule has 20 heavy (non-hydrogen) atoms. The van der Waals surface area contributed by atoms with E-state index in [2.05, 4.69) is 60.1 Å². The Morgan fingerprint density at radius 3 is 2.75 bits per heavy atom. The molecule has 114 valence electrons. The van der Waals surface area contributed by atoms with Crippen LogP contribution < -0.4 is 10.2 Å². The van der Waals surface area contributed by atoms with E-state index in [4.69, 9.17) is 0 Å². The van der Waals surface area contributed by atoms with Crippen LogP contribution in [-0.2, 0) is 6.54 Å². The van der Waals surface area contributed by atoms with Crippen molar-refractivity contribution >= 4 is 18.2 Å². The van der Waals surface area contributed by atoms with E-state index >= 15 is 0 Å². The van der Waals surface area contributed by atoms with Crippen molar-refractivity contribution in [3.63, 3.8) is 0 Å². The van der Waals surface area contributed by atoms with Gasteiger partial charge in [0, 0.05) is 51.5 Å². The Labute approximate surface area is 129 Å². The van der Waals surface area contributed by atoms with E-state index < -0.39 is 0 Å². The highest BCUT2D eigenvalue weighted by Crippen LogP contribution is 2.14. The summed E-state index contributed by atoms with van der Waals surface area (Å²) in [6.45, 7) is 10.8. The highest BCUT2D eigenvalue weighted by atomic mass is 35.5. The number of aromatic nitrogens is 1. The second-order valence-electron chi connectivity index (χ2n) is 5.63. The van der Waals surface area contributed by atoms with Crippen molar-refractivity contribution in [2.45, 2.75) is 39.4 Å². The predicted octanol–water partition coefficient (Wildman–Crippen LogP) is 2.14. The standard InChI is InChI=1S/C15H26N4.ClH/c1-5-18(4)15-7-6-14(9-17-15)11-19-10-12(2)16-8-13(19)3;/h6-7,9,12-13,16H,5,8,10-11H2,1-4H3;1H. The van der Waals surface area contributed by atoms with Gasteiger partial charge in [0.1, 0.15) is 5.82 Å². The zero-order chi connectivity index (χ0) is 13.8. The van der Waals surface area contributed by atoms with E-state index in [1.54, 1.807) is 0 Å². The van der Waals surface area contributed by atoms with Gasteiger partial charge in [-0.15, -0.1) is 12.4 Å². The number of anilines is 1. The maximum absolute atomic E-state index is 4.54. The molecule has 2 unspecified atom stereocenters. The predicted molar refractivity (Wildman–Crippen MR) is 87.8 cm³/mol. The van der Waals surface area contributed by atoms with E-state index in [9.17, 15) is 0 Å². The van der Waals surface area contributed by atoms with E-state index in [0.717, 1.165) is 32.0 Å². The molecule has 0 aliphatic carbocycles. The molecule has 0 aromatic carbocycles. The Bertz CT molecular complexity index is 395. The van der Waals surface area contributed by atoms with Crippen LogP contribution in [0.1, 0.15) is 26.3 Å². The third-order valence-electron chi connectivity index (χ3n) is 3.95. The topological polar surface area (TPSA) is 31.4 Å². The Morgan fingerprint density at radius 2 is 2.15 bits per heavy atom. The molecule has 2 heterocycles. The van der Waals surface area contributed by atoms with Gasteiger partial charge in [-0.05, 0) is 32.4 Å². The van der Waals surface area contributed by atoms with Gasteiger partial charge in [-0.2, -0.15) is 0 Å². The fraction of sp³-hybridized carbons (Fsp3) is 0.667. The molecule has 0 bridgehead atoms. The number of pyridine rings is 1. The lowest BCUT2D eigenvalue weighted by Crippen LogP contribution is -2.53. The Hall–Kier alpha value is -0.840. The lowest BCUT2D eigenvalue weighted by Gasteiger charge is -2.37. The summed E-state index contributed by atoms with van der Waals surface area (Å²) >= 11 is 0. The first kappa shape index (κ1) is 17.2. The molecule has 1 aliphatic heterocycles. The van der Waals surface area contributed by atoms with E-state index in [0.29, 0.717) is 12.1 Å². The minimum atomic E-state index is 0. The van der Waals surface area contributed by atoms with Gasteiger partial charge in [-0.3, -0.25) is 4.90 Å². The molecule has 1 fully saturated rings. The maximum atomic E-state index is 4.54. The summed E-state index contributed by atoms with van der Waals surface area (Å²) in [4.78, 5) is 9.22. The summed E-state index contributed by atoms with van der Waals surface area (Å²) in [6.07, 6.45) is 2.01. The Balaban J connectivity index is 0.00000200. The van der Waals surface area contributed by atoms with Crippen LogP contribution in [0.2, 0.25) is 0 Å². The Morgan fingerprint density at radius 1 is 1.40 bits per heavy atom. The van der Waals surface area contributed by atoms with Crippen LogP contribution in [0.15, 0.2) is 18.3 Å². The van der Waals surface area contributed by atoms with Gasteiger partial charge in [0.05, 0.1) is 0 Å². The van der Waals surface area contributed by atoms with Crippen molar-refractivity contribution in [3.05, 3.63) is 23.9 Å². The summed E-state index contributed by atoms with van der Waals surface area (Å²) in [5.74, 6) is 1.05. The molecule has 1 aromatic rings. The van der Waals surface area contributed by atoms with Gasteiger partial charge in [0.2, 0.25) is 0 Å². The second kappa shape index (κ2) is 7.81. The lowest BCUT2D eigenvalue weighted by atomic mass is 10.1. The third kappa shape index (κ3) is 4.33. The highest BCUT2D eigenvalue weighted by Gasteiger charge is 2.22. The number of hydrogen-bond donors (Lipinski definition) is 1. The molecule has 2 rings (SSSR count). The zero-order valence-corrected chi connectivity index (χ0v) is 13.8. The van der Waals surface area contributed by atoms with Gasteiger partial charge < -0.3 is 10.2 Å². The number of halogens is 1. The van der Waals surface area contributed by atoms with Gasteiger partial charge in [0.15, 0.2) is 0 Å². The largest absolute Gasteiger partial charge is 0.360 e. The molecule has 1 aromatic heterocycles. The van der Waals surface area contributed by atoms with Gasteiger partial charge in [-0.1, -0.05) is 6.07 Å². The van der Waals surface area contributed by atoms with Crippen LogP contribution in [0.5, 0.6) is 0 Å². The summed E-state index contributed by atoms with van der Waals surface area (Å²) in [7, 11) is 2.07. The third-order valence-corrected chi connectivity index (χ3v) is 3.95. The molecular weight excluding hydrogens is 272 g/mol. The normalized spacial score (nSPS) is 23.2. The molecule has 1 N–H and O–H groups in total. The molecule has 0 saturated carbocycles. The van der Waals surface area contributed by atoms with Crippen LogP contribution in [-0.4, -0.2) is 48.6 Å². The van der Waals surface area contributed by atoms with Crippen molar-refractivity contribution in [1.29, 1.82) is 0 Å². The average Bonchev–Trinajstić information content (AvgIpc) is 2.43. The summed E-state index contributed by atoms with van der Waals surface area (Å²) in [5, 5.41) is 3.52. The quantitative estimate of drug-likeness (QED) is 0.923. The molecule has 0 amide bonds. The van der Waals surface area contributed by atoms with Crippen molar-refractivity contribution in [1.82, 2.24) is 15.2 Å². The number of hydrogen-bond acceptors (Lipinski definition) is 4. The lowest BCUT2D eigenvalue weighted by molar-refractivity contribution is 0.138. The number of rotatable bonds is 4. The maximum Gasteiger partial charge on any atom is 0.128 e. The average molecular weight is 299 g/mol. The fourth-order valence-corrected chi connectivity index (χ4v) is 2.45. The van der Waals surface area contributed by atoms with Crippen LogP contribution in [0.25, 0.3) is 0 Å². The monoisotopic (exact) mass is 298 g/mol. The van der Waals surface area contributed by atoms with E-state index in [1.807, 2.05) is 6.20 Å². The highest BCUT2D eigenvalue weighted by molar-refractivity contribution is 5.85. The molecule has 0 spiro atoms. The molecular formula is C15H27ClN4. The summed E-state index contributed by atoms with van der Waals surface area (Å²) < 4.78 is 0. The minimum absolute atomic E-state index is 0. The van der Waals surface area contributed by atoms with Gasteiger partial charge in [0.25, 0.3) is 0 Å². The first-order valence-corrected chi connectivity index (χ1v) is 7.23. The zero-order valence-electron chi connectivity index (χ0n) is 13.0.